The largest absolute Gasteiger partial charge is 0.497 e. The molecule has 2 aromatic carbocycles. The molecule has 0 aliphatic carbocycles. The van der Waals surface area contributed by atoms with E-state index in [-0.39, 0.29) is 5.91 Å². The minimum atomic E-state index is 0.0286. The molecule has 0 saturated heterocycles. The number of hydrogen-bond donors (Lipinski definition) is 0. The highest BCUT2D eigenvalue weighted by atomic mass is 16.5. The van der Waals surface area contributed by atoms with E-state index in [2.05, 4.69) is 4.98 Å². The van der Waals surface area contributed by atoms with Crippen molar-refractivity contribution < 1.29 is 9.53 Å². The second-order valence-corrected chi connectivity index (χ2v) is 5.29. The molecular weight excluding hydrogens is 276 g/mol. The average molecular weight is 290 g/mol. The van der Waals surface area contributed by atoms with Crippen molar-refractivity contribution in [1.29, 1.82) is 0 Å². The highest BCUT2D eigenvalue weighted by Crippen LogP contribution is 2.31. The minimum Gasteiger partial charge on any atom is -0.497 e. The lowest BCUT2D eigenvalue weighted by molar-refractivity contribution is 0.0996. The predicted molar refractivity (Wildman–Crippen MR) is 85.3 cm³/mol. The van der Waals surface area contributed by atoms with Gasteiger partial charge in [-0.05, 0) is 48.0 Å². The van der Waals surface area contributed by atoms with Crippen LogP contribution in [0.4, 0.5) is 5.69 Å². The molecule has 1 aliphatic heterocycles. The summed E-state index contributed by atoms with van der Waals surface area (Å²) < 4.78 is 5.24. The van der Waals surface area contributed by atoms with Crippen molar-refractivity contribution in [3.05, 3.63) is 65.9 Å². The van der Waals surface area contributed by atoms with Crippen LogP contribution in [0.25, 0.3) is 10.9 Å². The highest BCUT2D eigenvalue weighted by Gasteiger charge is 2.28. The first-order valence-corrected chi connectivity index (χ1v) is 7.10. The number of fused-ring (bicyclic) bond motifs is 2. The molecule has 0 bridgehead atoms. The first kappa shape index (κ1) is 12.8. The third-order valence-electron chi connectivity index (χ3n) is 4.01. The first-order chi connectivity index (χ1) is 10.8. The Kier molecular flexibility index (Phi) is 2.82. The number of hydrogen-bond acceptors (Lipinski definition) is 3. The van der Waals surface area contributed by atoms with E-state index in [9.17, 15) is 4.79 Å². The van der Waals surface area contributed by atoms with Gasteiger partial charge in [-0.3, -0.25) is 9.78 Å². The van der Waals surface area contributed by atoms with Crippen molar-refractivity contribution in [2.45, 2.75) is 6.54 Å². The maximum atomic E-state index is 12.6. The molecule has 1 aliphatic rings. The smallest absolute Gasteiger partial charge is 0.258 e. The summed E-state index contributed by atoms with van der Waals surface area (Å²) in [5, 5.41) is 1.03. The molecule has 4 heteroatoms. The number of rotatable bonds is 2. The number of carbonyl (C=O) groups excluding carboxylic acids is 1. The van der Waals surface area contributed by atoms with Crippen LogP contribution in [-0.4, -0.2) is 18.0 Å². The Bertz CT molecular complexity index is 889. The molecule has 0 N–H and O–H groups in total. The molecule has 22 heavy (non-hydrogen) atoms. The van der Waals surface area contributed by atoms with Crippen molar-refractivity contribution in [3.8, 4) is 5.75 Å². The Balaban J connectivity index is 1.75. The van der Waals surface area contributed by atoms with E-state index in [1.54, 1.807) is 18.2 Å². The summed E-state index contributed by atoms with van der Waals surface area (Å²) in [6.07, 6.45) is 1.77. The van der Waals surface area contributed by atoms with Crippen LogP contribution in [0.2, 0.25) is 0 Å². The van der Waals surface area contributed by atoms with Crippen LogP contribution < -0.4 is 9.64 Å². The predicted octanol–water partition coefficient (Wildman–Crippen LogP) is 3.40. The second kappa shape index (κ2) is 4.84. The van der Waals surface area contributed by atoms with E-state index in [0.717, 1.165) is 33.5 Å². The van der Waals surface area contributed by atoms with Crippen molar-refractivity contribution in [3.63, 3.8) is 0 Å². The first-order valence-electron chi connectivity index (χ1n) is 7.10. The summed E-state index contributed by atoms with van der Waals surface area (Å²) in [5.74, 6) is 0.803. The number of pyridine rings is 1. The van der Waals surface area contributed by atoms with E-state index in [0.29, 0.717) is 6.54 Å². The lowest BCUT2D eigenvalue weighted by Crippen LogP contribution is -2.22. The van der Waals surface area contributed by atoms with E-state index in [4.69, 9.17) is 4.74 Å². The molecule has 2 heterocycles. The number of anilines is 1. The Morgan fingerprint density at radius 3 is 2.91 bits per heavy atom. The fourth-order valence-electron chi connectivity index (χ4n) is 2.86. The molecule has 4 rings (SSSR count). The average Bonchev–Trinajstić information content (AvgIpc) is 2.90. The van der Waals surface area contributed by atoms with Gasteiger partial charge in [0.05, 0.1) is 19.2 Å². The quantitative estimate of drug-likeness (QED) is 0.726. The summed E-state index contributed by atoms with van der Waals surface area (Å²) in [7, 11) is 1.63. The fourth-order valence-corrected chi connectivity index (χ4v) is 2.86. The normalized spacial score (nSPS) is 13.5. The number of aromatic nitrogens is 1. The number of amides is 1. The molecule has 1 aromatic heterocycles. The number of ether oxygens (including phenoxy) is 1. The van der Waals surface area contributed by atoms with Crippen LogP contribution in [0.3, 0.4) is 0 Å². The highest BCUT2D eigenvalue weighted by molar-refractivity contribution is 6.10. The Morgan fingerprint density at radius 2 is 2.05 bits per heavy atom. The third-order valence-corrected chi connectivity index (χ3v) is 4.01. The number of methoxy groups -OCH3 is 1. The minimum absolute atomic E-state index is 0.0286. The Labute approximate surface area is 128 Å². The molecule has 108 valence electrons. The standard InChI is InChI=1S/C18H14N2O2/c1-22-15-5-6-16-13(10-15)11-20(18(16)21)14-4-7-17-12(9-14)3-2-8-19-17/h2-10H,11H2,1H3. The molecular formula is C18H14N2O2. The van der Waals surface area contributed by atoms with E-state index >= 15 is 0 Å². The summed E-state index contributed by atoms with van der Waals surface area (Å²) in [5.41, 5.74) is 3.56. The van der Waals surface area contributed by atoms with Gasteiger partial charge >= 0.3 is 0 Å². The molecule has 0 radical (unpaired) electrons. The van der Waals surface area contributed by atoms with Gasteiger partial charge in [-0.15, -0.1) is 0 Å². The van der Waals surface area contributed by atoms with Crippen molar-refractivity contribution in [2.75, 3.05) is 12.0 Å². The maximum Gasteiger partial charge on any atom is 0.258 e. The Hall–Kier alpha value is -2.88. The molecule has 1 amide bonds. The summed E-state index contributed by atoms with van der Waals surface area (Å²) in [6, 6.07) is 15.4. The van der Waals surface area contributed by atoms with Crippen LogP contribution in [0.5, 0.6) is 5.75 Å². The van der Waals surface area contributed by atoms with Crippen molar-refractivity contribution in [2.24, 2.45) is 0 Å². The zero-order valence-corrected chi connectivity index (χ0v) is 12.1. The molecule has 3 aromatic rings. The summed E-state index contributed by atoms with van der Waals surface area (Å²) in [6.45, 7) is 0.567. The van der Waals surface area contributed by atoms with Gasteiger partial charge < -0.3 is 9.64 Å². The van der Waals surface area contributed by atoms with Crippen LogP contribution in [0.15, 0.2) is 54.7 Å². The van der Waals surface area contributed by atoms with Gasteiger partial charge in [0.15, 0.2) is 0 Å². The zero-order chi connectivity index (χ0) is 15.1. The van der Waals surface area contributed by atoms with Gasteiger partial charge in [-0.25, -0.2) is 0 Å². The second-order valence-electron chi connectivity index (χ2n) is 5.29. The van der Waals surface area contributed by atoms with Crippen molar-refractivity contribution in [1.82, 2.24) is 4.98 Å². The van der Waals surface area contributed by atoms with E-state index in [1.165, 1.54) is 0 Å². The zero-order valence-electron chi connectivity index (χ0n) is 12.1. The fraction of sp³-hybridized carbons (Fsp3) is 0.111. The molecule has 0 fully saturated rings. The Morgan fingerprint density at radius 1 is 1.14 bits per heavy atom. The molecule has 4 nitrogen and oxygen atoms in total. The molecule has 0 saturated carbocycles. The topological polar surface area (TPSA) is 42.4 Å². The van der Waals surface area contributed by atoms with Gasteiger partial charge in [0.25, 0.3) is 5.91 Å². The van der Waals surface area contributed by atoms with Gasteiger partial charge in [0.1, 0.15) is 5.75 Å². The van der Waals surface area contributed by atoms with Gasteiger partial charge in [0, 0.05) is 22.8 Å². The van der Waals surface area contributed by atoms with E-state index in [1.807, 2.05) is 48.5 Å². The lowest BCUT2D eigenvalue weighted by atomic mass is 10.1. The van der Waals surface area contributed by atoms with Crippen LogP contribution in [0, 0.1) is 0 Å². The number of nitrogens with zero attached hydrogens (tertiary/aromatic N) is 2. The van der Waals surface area contributed by atoms with Crippen LogP contribution in [0.1, 0.15) is 15.9 Å². The van der Waals surface area contributed by atoms with Gasteiger partial charge in [-0.2, -0.15) is 0 Å². The maximum absolute atomic E-state index is 12.6. The number of benzene rings is 2. The monoisotopic (exact) mass is 290 g/mol. The van der Waals surface area contributed by atoms with Gasteiger partial charge in [0.2, 0.25) is 0 Å². The van der Waals surface area contributed by atoms with Crippen molar-refractivity contribution >= 4 is 22.5 Å². The van der Waals surface area contributed by atoms with Gasteiger partial charge in [-0.1, -0.05) is 6.07 Å². The van der Waals surface area contributed by atoms with E-state index < -0.39 is 0 Å². The molecule has 0 atom stereocenters. The molecule has 0 spiro atoms. The number of carbonyl (C=O) groups is 1. The SMILES string of the molecule is COc1ccc2c(c1)CN(c1ccc3ncccc3c1)C2=O. The summed E-state index contributed by atoms with van der Waals surface area (Å²) >= 11 is 0. The lowest BCUT2D eigenvalue weighted by Gasteiger charge is -2.16. The van der Waals surface area contributed by atoms with Crippen LogP contribution >= 0.6 is 0 Å². The summed E-state index contributed by atoms with van der Waals surface area (Å²) in [4.78, 5) is 18.7. The van der Waals surface area contributed by atoms with Crippen LogP contribution in [-0.2, 0) is 6.54 Å². The molecule has 0 unspecified atom stereocenters. The third kappa shape index (κ3) is 1.92.